The van der Waals surface area contributed by atoms with Gasteiger partial charge in [0.25, 0.3) is 0 Å². The van der Waals surface area contributed by atoms with E-state index in [2.05, 4.69) is 4.98 Å². The zero-order chi connectivity index (χ0) is 10.7. The highest BCUT2D eigenvalue weighted by molar-refractivity contribution is 5.84. The third kappa shape index (κ3) is 1.86. The zero-order valence-corrected chi connectivity index (χ0v) is 8.62. The van der Waals surface area contributed by atoms with Crippen molar-refractivity contribution in [3.05, 3.63) is 30.0 Å². The van der Waals surface area contributed by atoms with Gasteiger partial charge < -0.3 is 14.5 Å². The fourth-order valence-corrected chi connectivity index (χ4v) is 1.71. The quantitative estimate of drug-likeness (QED) is 0.775. The van der Waals surface area contributed by atoms with Crippen LogP contribution in [-0.4, -0.2) is 18.4 Å². The number of carbonyl (C=O) groups excluding carboxylic acids is 1. The maximum Gasteiger partial charge on any atom is 0.120 e. The number of aryl methyl sites for hydroxylation is 1. The minimum Gasteiger partial charge on any atom is -0.497 e. The highest BCUT2D eigenvalue weighted by Crippen LogP contribution is 2.24. The molecule has 1 aromatic heterocycles. The van der Waals surface area contributed by atoms with E-state index in [0.29, 0.717) is 6.42 Å². The third-order valence-electron chi connectivity index (χ3n) is 2.51. The molecule has 0 unspecified atom stereocenters. The van der Waals surface area contributed by atoms with Crippen molar-refractivity contribution in [1.29, 1.82) is 0 Å². The number of ether oxygens (including phenoxy) is 1. The number of nitrogens with one attached hydrogen (secondary N) is 1. The maximum atomic E-state index is 10.3. The number of hydrogen-bond donors (Lipinski definition) is 1. The van der Waals surface area contributed by atoms with E-state index < -0.39 is 0 Å². The van der Waals surface area contributed by atoms with E-state index in [4.69, 9.17) is 4.74 Å². The average molecular weight is 203 g/mol. The molecule has 0 saturated heterocycles. The van der Waals surface area contributed by atoms with Crippen molar-refractivity contribution in [2.75, 3.05) is 7.11 Å². The van der Waals surface area contributed by atoms with Crippen molar-refractivity contribution in [2.45, 2.75) is 12.8 Å². The van der Waals surface area contributed by atoms with Crippen molar-refractivity contribution in [3.8, 4) is 5.75 Å². The summed E-state index contributed by atoms with van der Waals surface area (Å²) in [6.07, 6.45) is 4.23. The molecule has 0 fully saturated rings. The van der Waals surface area contributed by atoms with E-state index in [-0.39, 0.29) is 0 Å². The number of rotatable bonds is 4. The normalized spacial score (nSPS) is 10.5. The van der Waals surface area contributed by atoms with Crippen LogP contribution in [0.3, 0.4) is 0 Å². The van der Waals surface area contributed by atoms with Crippen LogP contribution in [0.1, 0.15) is 12.0 Å². The Morgan fingerprint density at radius 1 is 1.47 bits per heavy atom. The fourth-order valence-electron chi connectivity index (χ4n) is 1.71. The minimum atomic E-state index is 0.560. The Morgan fingerprint density at radius 2 is 2.33 bits per heavy atom. The Morgan fingerprint density at radius 3 is 3.07 bits per heavy atom. The molecule has 15 heavy (non-hydrogen) atoms. The van der Waals surface area contributed by atoms with Crippen LogP contribution >= 0.6 is 0 Å². The topological polar surface area (TPSA) is 42.1 Å². The summed E-state index contributed by atoms with van der Waals surface area (Å²) in [4.78, 5) is 13.5. The molecule has 78 valence electrons. The number of benzene rings is 1. The average Bonchev–Trinajstić information content (AvgIpc) is 2.68. The Balaban J connectivity index is 2.41. The van der Waals surface area contributed by atoms with Gasteiger partial charge in [0.1, 0.15) is 12.0 Å². The summed E-state index contributed by atoms with van der Waals surface area (Å²) in [5.41, 5.74) is 2.24. The molecule has 0 saturated carbocycles. The van der Waals surface area contributed by atoms with Crippen LogP contribution in [-0.2, 0) is 11.2 Å². The lowest BCUT2D eigenvalue weighted by molar-refractivity contribution is -0.107. The first-order valence-electron chi connectivity index (χ1n) is 4.93. The van der Waals surface area contributed by atoms with Crippen LogP contribution < -0.4 is 4.74 Å². The fraction of sp³-hybridized carbons (Fsp3) is 0.250. The van der Waals surface area contributed by atoms with Gasteiger partial charge in [-0.05, 0) is 30.2 Å². The Hall–Kier alpha value is -1.77. The molecule has 3 heteroatoms. The Kier molecular flexibility index (Phi) is 2.72. The summed E-state index contributed by atoms with van der Waals surface area (Å²) < 4.78 is 5.17. The van der Waals surface area contributed by atoms with E-state index in [9.17, 15) is 4.79 Å². The predicted octanol–water partition coefficient (Wildman–Crippen LogP) is 2.31. The van der Waals surface area contributed by atoms with E-state index in [0.717, 1.165) is 34.9 Å². The monoisotopic (exact) mass is 203 g/mol. The first kappa shape index (κ1) is 9.77. The van der Waals surface area contributed by atoms with Gasteiger partial charge >= 0.3 is 0 Å². The second kappa shape index (κ2) is 4.17. The molecule has 0 atom stereocenters. The number of H-pyrrole nitrogens is 1. The van der Waals surface area contributed by atoms with Gasteiger partial charge in [0.2, 0.25) is 0 Å². The predicted molar refractivity (Wildman–Crippen MR) is 59.2 cm³/mol. The molecular formula is C12H13NO2. The number of aldehydes is 1. The van der Waals surface area contributed by atoms with Crippen LogP contribution in [0.2, 0.25) is 0 Å². The lowest BCUT2D eigenvalue weighted by Gasteiger charge is -2.00. The van der Waals surface area contributed by atoms with Gasteiger partial charge in [0.15, 0.2) is 0 Å². The van der Waals surface area contributed by atoms with Gasteiger partial charge in [-0.15, -0.1) is 0 Å². The standard InChI is InChI=1S/C12H13NO2/c1-15-10-4-5-12-11(7-10)9(8-13-12)3-2-6-14/h4-8,13H,2-3H2,1H3. The molecule has 0 bridgehead atoms. The number of methoxy groups -OCH3 is 1. The summed E-state index contributed by atoms with van der Waals surface area (Å²) in [7, 11) is 1.65. The number of aromatic nitrogens is 1. The van der Waals surface area contributed by atoms with Gasteiger partial charge in [0, 0.05) is 23.5 Å². The number of hydrogen-bond acceptors (Lipinski definition) is 2. The summed E-state index contributed by atoms with van der Waals surface area (Å²) >= 11 is 0. The molecule has 1 aromatic carbocycles. The van der Waals surface area contributed by atoms with Gasteiger partial charge in [-0.25, -0.2) is 0 Å². The van der Waals surface area contributed by atoms with Crippen molar-refractivity contribution in [1.82, 2.24) is 4.98 Å². The summed E-state index contributed by atoms with van der Waals surface area (Å²) in [5.74, 6) is 0.842. The van der Waals surface area contributed by atoms with Crippen molar-refractivity contribution < 1.29 is 9.53 Å². The molecule has 0 aliphatic heterocycles. The summed E-state index contributed by atoms with van der Waals surface area (Å²) in [6.45, 7) is 0. The third-order valence-corrected chi connectivity index (χ3v) is 2.51. The van der Waals surface area contributed by atoms with Crippen LogP contribution in [0.25, 0.3) is 10.9 Å². The molecule has 0 radical (unpaired) electrons. The highest BCUT2D eigenvalue weighted by atomic mass is 16.5. The van der Waals surface area contributed by atoms with Gasteiger partial charge in [0.05, 0.1) is 7.11 Å². The van der Waals surface area contributed by atoms with E-state index in [1.165, 1.54) is 0 Å². The molecular weight excluding hydrogens is 190 g/mol. The zero-order valence-electron chi connectivity index (χ0n) is 8.62. The molecule has 1 N–H and O–H groups in total. The van der Waals surface area contributed by atoms with E-state index in [1.807, 2.05) is 24.4 Å². The van der Waals surface area contributed by atoms with E-state index >= 15 is 0 Å². The second-order valence-corrected chi connectivity index (χ2v) is 3.43. The molecule has 3 nitrogen and oxygen atoms in total. The lowest BCUT2D eigenvalue weighted by atomic mass is 10.1. The number of aromatic amines is 1. The van der Waals surface area contributed by atoms with Crippen molar-refractivity contribution in [3.63, 3.8) is 0 Å². The maximum absolute atomic E-state index is 10.3. The number of carbonyl (C=O) groups is 1. The van der Waals surface area contributed by atoms with Gasteiger partial charge in [-0.2, -0.15) is 0 Å². The van der Waals surface area contributed by atoms with Gasteiger partial charge in [-0.1, -0.05) is 0 Å². The summed E-state index contributed by atoms with van der Waals surface area (Å²) in [6, 6.07) is 5.90. The second-order valence-electron chi connectivity index (χ2n) is 3.43. The smallest absolute Gasteiger partial charge is 0.120 e. The van der Waals surface area contributed by atoms with E-state index in [1.54, 1.807) is 7.11 Å². The first-order valence-corrected chi connectivity index (χ1v) is 4.93. The first-order chi connectivity index (χ1) is 7.35. The van der Waals surface area contributed by atoms with Crippen LogP contribution in [0.5, 0.6) is 5.75 Å². The van der Waals surface area contributed by atoms with Gasteiger partial charge in [-0.3, -0.25) is 0 Å². The lowest BCUT2D eigenvalue weighted by Crippen LogP contribution is -1.85. The molecule has 0 aliphatic rings. The van der Waals surface area contributed by atoms with Crippen molar-refractivity contribution in [2.24, 2.45) is 0 Å². The SMILES string of the molecule is COc1ccc2[nH]cc(CCC=O)c2c1. The summed E-state index contributed by atoms with van der Waals surface area (Å²) in [5, 5.41) is 1.14. The van der Waals surface area contributed by atoms with Crippen molar-refractivity contribution >= 4 is 17.2 Å². The molecule has 1 heterocycles. The van der Waals surface area contributed by atoms with Crippen LogP contribution in [0, 0.1) is 0 Å². The van der Waals surface area contributed by atoms with Crippen LogP contribution in [0.4, 0.5) is 0 Å². The van der Waals surface area contributed by atoms with Crippen LogP contribution in [0.15, 0.2) is 24.4 Å². The molecule has 0 amide bonds. The molecule has 2 rings (SSSR count). The minimum absolute atomic E-state index is 0.560. The molecule has 0 aliphatic carbocycles. The highest BCUT2D eigenvalue weighted by Gasteiger charge is 2.04. The molecule has 0 spiro atoms. The Bertz CT molecular complexity index is 473. The Labute approximate surface area is 88.1 Å². The molecule has 2 aromatic rings. The largest absolute Gasteiger partial charge is 0.497 e. The number of fused-ring (bicyclic) bond motifs is 1.